The highest BCUT2D eigenvalue weighted by atomic mass is 15.2. The fraction of sp³-hybridized carbons (Fsp3) is 0.429. The highest BCUT2D eigenvalue weighted by molar-refractivity contribution is 5.79. The third kappa shape index (κ3) is 5.30. The van der Waals surface area contributed by atoms with Gasteiger partial charge in [-0.1, -0.05) is 5.92 Å². The molecule has 5 nitrogen and oxygen atoms in total. The maximum Gasteiger partial charge on any atom is 0.192 e. The normalized spacial score (nSPS) is 10.7. The Morgan fingerprint density at radius 1 is 1.47 bits per heavy atom. The summed E-state index contributed by atoms with van der Waals surface area (Å²) in [6, 6.07) is 3.98. The van der Waals surface area contributed by atoms with Gasteiger partial charge in [-0.3, -0.25) is 0 Å². The van der Waals surface area contributed by atoms with Gasteiger partial charge >= 0.3 is 0 Å². The van der Waals surface area contributed by atoms with Gasteiger partial charge in [0.05, 0.1) is 13.1 Å². The number of guanidine groups is 1. The predicted molar refractivity (Wildman–Crippen MR) is 80.2 cm³/mol. The van der Waals surface area contributed by atoms with Crippen LogP contribution in [0.4, 0.5) is 5.82 Å². The summed E-state index contributed by atoms with van der Waals surface area (Å²) >= 11 is 0. The second kappa shape index (κ2) is 7.98. The first-order valence-corrected chi connectivity index (χ1v) is 6.25. The molecule has 0 bridgehead atoms. The van der Waals surface area contributed by atoms with Crippen LogP contribution in [0.25, 0.3) is 0 Å². The van der Waals surface area contributed by atoms with Crippen molar-refractivity contribution >= 4 is 11.8 Å². The molecule has 0 aromatic carbocycles. The summed E-state index contributed by atoms with van der Waals surface area (Å²) < 4.78 is 0. The summed E-state index contributed by atoms with van der Waals surface area (Å²) in [6.07, 6.45) is 7.02. The van der Waals surface area contributed by atoms with Crippen LogP contribution in [-0.4, -0.2) is 38.1 Å². The molecule has 0 atom stereocenters. The molecule has 0 aliphatic rings. The molecule has 0 unspecified atom stereocenters. The molecule has 0 aliphatic heterocycles. The molecule has 0 amide bonds. The number of rotatable bonds is 5. The zero-order valence-corrected chi connectivity index (χ0v) is 11.8. The van der Waals surface area contributed by atoms with Gasteiger partial charge in [0.1, 0.15) is 5.82 Å². The van der Waals surface area contributed by atoms with E-state index >= 15 is 0 Å². The zero-order chi connectivity index (χ0) is 14.1. The van der Waals surface area contributed by atoms with Crippen LogP contribution < -0.4 is 15.5 Å². The smallest absolute Gasteiger partial charge is 0.192 e. The van der Waals surface area contributed by atoms with E-state index in [1.165, 1.54) is 0 Å². The van der Waals surface area contributed by atoms with Gasteiger partial charge in [0, 0.05) is 26.8 Å². The molecule has 0 saturated heterocycles. The minimum atomic E-state index is 0.463. The summed E-state index contributed by atoms with van der Waals surface area (Å²) in [4.78, 5) is 10.7. The number of terminal acetylenes is 1. The second-order valence-electron chi connectivity index (χ2n) is 4.17. The molecule has 102 valence electrons. The van der Waals surface area contributed by atoms with E-state index in [2.05, 4.69) is 26.5 Å². The largest absolute Gasteiger partial charge is 0.363 e. The molecule has 0 fully saturated rings. The topological polar surface area (TPSA) is 52.6 Å². The lowest BCUT2D eigenvalue weighted by Crippen LogP contribution is -2.37. The van der Waals surface area contributed by atoms with Crippen LogP contribution in [0, 0.1) is 12.3 Å². The van der Waals surface area contributed by atoms with E-state index in [1.807, 2.05) is 38.1 Å². The number of hydrogen-bond acceptors (Lipinski definition) is 3. The fourth-order valence-electron chi connectivity index (χ4n) is 1.45. The van der Waals surface area contributed by atoms with Crippen molar-refractivity contribution in [3.63, 3.8) is 0 Å². The number of hydrogen-bond donors (Lipinski definition) is 2. The van der Waals surface area contributed by atoms with E-state index in [0.29, 0.717) is 13.1 Å². The van der Waals surface area contributed by atoms with E-state index in [-0.39, 0.29) is 0 Å². The quantitative estimate of drug-likeness (QED) is 0.467. The summed E-state index contributed by atoms with van der Waals surface area (Å²) in [7, 11) is 3.93. The monoisotopic (exact) mass is 259 g/mol. The number of aromatic nitrogens is 1. The van der Waals surface area contributed by atoms with Crippen molar-refractivity contribution in [3.05, 3.63) is 23.9 Å². The molecule has 2 N–H and O–H groups in total. The van der Waals surface area contributed by atoms with Crippen molar-refractivity contribution in [2.45, 2.75) is 13.5 Å². The van der Waals surface area contributed by atoms with E-state index < -0.39 is 0 Å². The van der Waals surface area contributed by atoms with Crippen molar-refractivity contribution in [3.8, 4) is 12.3 Å². The summed E-state index contributed by atoms with van der Waals surface area (Å²) in [5.74, 6) is 4.18. The fourth-order valence-corrected chi connectivity index (χ4v) is 1.45. The molecule has 0 radical (unpaired) electrons. The first kappa shape index (κ1) is 14.8. The van der Waals surface area contributed by atoms with Crippen molar-refractivity contribution in [2.75, 3.05) is 32.1 Å². The first-order valence-electron chi connectivity index (χ1n) is 6.25. The van der Waals surface area contributed by atoms with Gasteiger partial charge in [0.2, 0.25) is 0 Å². The van der Waals surface area contributed by atoms with Gasteiger partial charge in [-0.05, 0) is 24.6 Å². The average Bonchev–Trinajstić information content (AvgIpc) is 2.42. The Morgan fingerprint density at radius 3 is 2.89 bits per heavy atom. The standard InChI is InChI=1S/C14H21N5/c1-5-8-17-14(15-6-2)18-11-12-7-9-16-13(10-12)19(3)4/h1,7,9-10H,6,8,11H2,2-4H3,(H2,15,17,18). The number of nitrogens with zero attached hydrogens (tertiary/aromatic N) is 3. The van der Waals surface area contributed by atoms with Crippen LogP contribution >= 0.6 is 0 Å². The second-order valence-corrected chi connectivity index (χ2v) is 4.17. The van der Waals surface area contributed by atoms with E-state index in [9.17, 15) is 0 Å². The summed E-state index contributed by atoms with van der Waals surface area (Å²) in [5, 5.41) is 6.20. The number of aliphatic imine (C=N–C) groups is 1. The maximum atomic E-state index is 5.22. The summed E-state index contributed by atoms with van der Waals surface area (Å²) in [5.41, 5.74) is 1.11. The molecule has 1 aromatic rings. The Morgan fingerprint density at radius 2 is 2.26 bits per heavy atom. The van der Waals surface area contributed by atoms with Gasteiger partial charge < -0.3 is 15.5 Å². The summed E-state index contributed by atoms with van der Waals surface area (Å²) in [6.45, 7) is 3.87. The number of nitrogens with one attached hydrogen (secondary N) is 2. The van der Waals surface area contributed by atoms with E-state index in [4.69, 9.17) is 6.42 Å². The molecule has 1 aromatic heterocycles. The highest BCUT2D eigenvalue weighted by Gasteiger charge is 2.00. The Balaban J connectivity index is 2.71. The van der Waals surface area contributed by atoms with Crippen LogP contribution in [-0.2, 0) is 6.54 Å². The number of pyridine rings is 1. The van der Waals surface area contributed by atoms with Crippen LogP contribution in [0.5, 0.6) is 0 Å². The van der Waals surface area contributed by atoms with Crippen molar-refractivity contribution in [2.24, 2.45) is 4.99 Å². The Labute approximate surface area is 115 Å². The van der Waals surface area contributed by atoms with Crippen molar-refractivity contribution in [1.82, 2.24) is 15.6 Å². The Kier molecular flexibility index (Phi) is 6.23. The molecule has 5 heteroatoms. The zero-order valence-electron chi connectivity index (χ0n) is 11.8. The van der Waals surface area contributed by atoms with Gasteiger partial charge in [-0.2, -0.15) is 0 Å². The number of anilines is 1. The SMILES string of the molecule is C#CCNC(=NCc1ccnc(N(C)C)c1)NCC. The van der Waals surface area contributed by atoms with Crippen LogP contribution in [0.15, 0.2) is 23.3 Å². The van der Waals surface area contributed by atoms with Crippen molar-refractivity contribution in [1.29, 1.82) is 0 Å². The molecule has 0 spiro atoms. The molecule has 1 heterocycles. The average molecular weight is 259 g/mol. The molecular weight excluding hydrogens is 238 g/mol. The third-order valence-corrected chi connectivity index (χ3v) is 2.39. The van der Waals surface area contributed by atoms with E-state index in [0.717, 1.165) is 23.9 Å². The molecule has 1 rings (SSSR count). The molecule has 0 saturated carbocycles. The minimum Gasteiger partial charge on any atom is -0.363 e. The van der Waals surface area contributed by atoms with Crippen LogP contribution in [0.3, 0.4) is 0 Å². The van der Waals surface area contributed by atoms with Crippen LogP contribution in [0.2, 0.25) is 0 Å². The minimum absolute atomic E-state index is 0.463. The van der Waals surface area contributed by atoms with Gasteiger partial charge in [-0.15, -0.1) is 6.42 Å². The van der Waals surface area contributed by atoms with E-state index in [1.54, 1.807) is 6.20 Å². The lowest BCUT2D eigenvalue weighted by atomic mass is 10.2. The van der Waals surface area contributed by atoms with Crippen molar-refractivity contribution < 1.29 is 0 Å². The van der Waals surface area contributed by atoms with Gasteiger partial charge in [0.15, 0.2) is 5.96 Å². The Bertz CT molecular complexity index is 459. The molecule has 19 heavy (non-hydrogen) atoms. The van der Waals surface area contributed by atoms with Gasteiger partial charge in [-0.25, -0.2) is 9.98 Å². The molecular formula is C14H21N5. The van der Waals surface area contributed by atoms with Gasteiger partial charge in [0.25, 0.3) is 0 Å². The third-order valence-electron chi connectivity index (χ3n) is 2.39. The highest BCUT2D eigenvalue weighted by Crippen LogP contribution is 2.10. The maximum absolute atomic E-state index is 5.22. The lowest BCUT2D eigenvalue weighted by molar-refractivity contribution is 0.864. The lowest BCUT2D eigenvalue weighted by Gasteiger charge is -2.12. The first-order chi connectivity index (χ1) is 9.17. The Hall–Kier alpha value is -2.22. The van der Waals surface area contributed by atoms with Crippen LogP contribution in [0.1, 0.15) is 12.5 Å². The predicted octanol–water partition coefficient (Wildman–Crippen LogP) is 0.836. The molecule has 0 aliphatic carbocycles.